The second-order valence-corrected chi connectivity index (χ2v) is 5.71. The lowest BCUT2D eigenvalue weighted by Crippen LogP contribution is -1.99. The van der Waals surface area contributed by atoms with Gasteiger partial charge in [0.2, 0.25) is 0 Å². The zero-order valence-corrected chi connectivity index (χ0v) is 11.3. The number of hydrogen-bond acceptors (Lipinski definition) is 2. The first-order valence-corrected chi connectivity index (χ1v) is 6.55. The lowest BCUT2D eigenvalue weighted by molar-refractivity contribution is 0.103. The second-order valence-electron chi connectivity index (χ2n) is 2.94. The number of ketones is 1. The van der Waals surface area contributed by atoms with Gasteiger partial charge in [-0.25, -0.2) is 0 Å². The predicted molar refractivity (Wildman–Crippen MR) is 71.9 cm³/mol. The van der Waals surface area contributed by atoms with Crippen molar-refractivity contribution < 1.29 is 4.79 Å². The molecule has 0 radical (unpaired) electrons. The van der Waals surface area contributed by atoms with Crippen LogP contribution in [0.15, 0.2) is 35.7 Å². The zero-order chi connectivity index (χ0) is 10.8. The summed E-state index contributed by atoms with van der Waals surface area (Å²) in [5, 5.41) is 1.82. The van der Waals surface area contributed by atoms with Crippen molar-refractivity contribution >= 4 is 51.3 Å². The molecule has 76 valence electrons. The van der Waals surface area contributed by atoms with Crippen molar-refractivity contribution in [2.45, 2.75) is 0 Å². The second kappa shape index (κ2) is 4.63. The predicted octanol–water partition coefficient (Wildman–Crippen LogP) is 4.24. The fourth-order valence-electron chi connectivity index (χ4n) is 1.21. The molecule has 1 heterocycles. The topological polar surface area (TPSA) is 17.1 Å². The molecule has 0 amide bonds. The van der Waals surface area contributed by atoms with Gasteiger partial charge in [0, 0.05) is 9.13 Å². The first kappa shape index (κ1) is 11.1. The van der Waals surface area contributed by atoms with E-state index < -0.39 is 0 Å². The highest BCUT2D eigenvalue weighted by Gasteiger charge is 2.13. The molecule has 0 aliphatic carbocycles. The zero-order valence-electron chi connectivity index (χ0n) is 7.54. The minimum absolute atomic E-state index is 0.0161. The van der Waals surface area contributed by atoms with Gasteiger partial charge in [-0.05, 0) is 58.3 Å². The number of carbonyl (C=O) groups is 1. The molecular formula is C11H6ClIOS. The maximum atomic E-state index is 12.0. The molecule has 0 spiro atoms. The summed E-state index contributed by atoms with van der Waals surface area (Å²) >= 11 is 9.49. The Morgan fingerprint density at radius 2 is 1.87 bits per heavy atom. The van der Waals surface area contributed by atoms with Gasteiger partial charge in [0.1, 0.15) is 4.34 Å². The molecular weight excluding hydrogens is 343 g/mol. The summed E-state index contributed by atoms with van der Waals surface area (Å²) in [5.74, 6) is -0.0161. The van der Waals surface area contributed by atoms with E-state index in [2.05, 4.69) is 22.6 Å². The third-order valence-corrected chi connectivity index (χ3v) is 3.86. The fraction of sp³-hybridized carbons (Fsp3) is 0. The number of halogens is 2. The highest BCUT2D eigenvalue weighted by Crippen LogP contribution is 2.25. The van der Waals surface area contributed by atoms with Crippen molar-refractivity contribution in [3.8, 4) is 0 Å². The maximum absolute atomic E-state index is 12.0. The highest BCUT2D eigenvalue weighted by molar-refractivity contribution is 14.1. The standard InChI is InChI=1S/C11H6ClIOS/c12-11-9(5-6-15-11)10(14)7-1-3-8(13)4-2-7/h1-6H. The van der Waals surface area contributed by atoms with Crippen molar-refractivity contribution in [3.63, 3.8) is 0 Å². The highest BCUT2D eigenvalue weighted by atomic mass is 127. The van der Waals surface area contributed by atoms with Gasteiger partial charge < -0.3 is 0 Å². The first-order valence-electron chi connectivity index (χ1n) is 4.22. The Hall–Kier alpha value is -0.390. The Morgan fingerprint density at radius 1 is 1.20 bits per heavy atom. The SMILES string of the molecule is O=C(c1ccc(I)cc1)c1ccsc1Cl. The minimum Gasteiger partial charge on any atom is -0.289 e. The van der Waals surface area contributed by atoms with E-state index in [1.165, 1.54) is 11.3 Å². The van der Waals surface area contributed by atoms with Gasteiger partial charge in [0.05, 0.1) is 5.56 Å². The molecule has 1 aromatic carbocycles. The van der Waals surface area contributed by atoms with Crippen LogP contribution in [0.1, 0.15) is 15.9 Å². The monoisotopic (exact) mass is 348 g/mol. The van der Waals surface area contributed by atoms with Crippen LogP contribution in [0.5, 0.6) is 0 Å². The number of thiophene rings is 1. The minimum atomic E-state index is -0.0161. The number of carbonyl (C=O) groups excluding carboxylic acids is 1. The molecule has 0 fully saturated rings. The molecule has 0 atom stereocenters. The molecule has 2 rings (SSSR count). The van der Waals surface area contributed by atoms with Crippen LogP contribution in [-0.2, 0) is 0 Å². The summed E-state index contributed by atoms with van der Waals surface area (Å²) in [7, 11) is 0. The third kappa shape index (κ3) is 2.41. The molecule has 1 aromatic heterocycles. The van der Waals surface area contributed by atoms with Crippen molar-refractivity contribution in [1.82, 2.24) is 0 Å². The van der Waals surface area contributed by atoms with E-state index >= 15 is 0 Å². The molecule has 15 heavy (non-hydrogen) atoms. The van der Waals surface area contributed by atoms with Crippen LogP contribution in [0, 0.1) is 3.57 Å². The van der Waals surface area contributed by atoms with Gasteiger partial charge in [0.25, 0.3) is 0 Å². The van der Waals surface area contributed by atoms with Crippen molar-refractivity contribution in [1.29, 1.82) is 0 Å². The van der Waals surface area contributed by atoms with Crippen molar-refractivity contribution in [2.24, 2.45) is 0 Å². The molecule has 1 nitrogen and oxygen atoms in total. The Morgan fingerprint density at radius 3 is 2.40 bits per heavy atom. The van der Waals surface area contributed by atoms with Crippen molar-refractivity contribution in [2.75, 3.05) is 0 Å². The first-order chi connectivity index (χ1) is 7.18. The number of benzene rings is 1. The van der Waals surface area contributed by atoms with Crippen LogP contribution in [0.2, 0.25) is 4.34 Å². The molecule has 0 bridgehead atoms. The van der Waals surface area contributed by atoms with Crippen LogP contribution in [0.4, 0.5) is 0 Å². The molecule has 4 heteroatoms. The van der Waals surface area contributed by atoms with E-state index in [9.17, 15) is 4.79 Å². The van der Waals surface area contributed by atoms with Gasteiger partial charge in [0.15, 0.2) is 5.78 Å². The van der Waals surface area contributed by atoms with E-state index in [1.54, 1.807) is 6.07 Å². The van der Waals surface area contributed by atoms with Crippen LogP contribution < -0.4 is 0 Å². The van der Waals surface area contributed by atoms with Crippen LogP contribution in [0.3, 0.4) is 0 Å². The van der Waals surface area contributed by atoms with E-state index in [4.69, 9.17) is 11.6 Å². The molecule has 0 unspecified atom stereocenters. The average molecular weight is 349 g/mol. The molecule has 0 N–H and O–H groups in total. The van der Waals surface area contributed by atoms with Crippen LogP contribution in [-0.4, -0.2) is 5.78 Å². The van der Waals surface area contributed by atoms with Crippen LogP contribution >= 0.6 is 45.5 Å². The Labute approximate surface area is 110 Å². The molecule has 0 saturated carbocycles. The summed E-state index contributed by atoms with van der Waals surface area (Å²) in [4.78, 5) is 12.0. The molecule has 2 aromatic rings. The normalized spacial score (nSPS) is 10.3. The molecule has 0 aliphatic rings. The lowest BCUT2D eigenvalue weighted by atomic mass is 10.1. The average Bonchev–Trinajstić information content (AvgIpc) is 2.65. The van der Waals surface area contributed by atoms with Gasteiger partial charge in [-0.2, -0.15) is 0 Å². The van der Waals surface area contributed by atoms with Gasteiger partial charge in [-0.15, -0.1) is 11.3 Å². The van der Waals surface area contributed by atoms with E-state index in [-0.39, 0.29) is 5.78 Å². The number of rotatable bonds is 2. The largest absolute Gasteiger partial charge is 0.289 e. The Bertz CT molecular complexity index is 490. The lowest BCUT2D eigenvalue weighted by Gasteiger charge is -1.99. The summed E-state index contributed by atoms with van der Waals surface area (Å²) in [5.41, 5.74) is 1.26. The van der Waals surface area contributed by atoms with Gasteiger partial charge >= 0.3 is 0 Å². The summed E-state index contributed by atoms with van der Waals surface area (Å²) in [6, 6.07) is 9.21. The van der Waals surface area contributed by atoms with E-state index in [0.717, 1.165) is 3.57 Å². The fourth-order valence-corrected chi connectivity index (χ4v) is 2.49. The summed E-state index contributed by atoms with van der Waals surface area (Å²) in [6.07, 6.45) is 0. The summed E-state index contributed by atoms with van der Waals surface area (Å²) < 4.78 is 1.67. The van der Waals surface area contributed by atoms with Gasteiger partial charge in [-0.3, -0.25) is 4.79 Å². The smallest absolute Gasteiger partial charge is 0.195 e. The Kier molecular flexibility index (Phi) is 3.43. The van der Waals surface area contributed by atoms with E-state index in [0.29, 0.717) is 15.5 Å². The molecule has 0 aliphatic heterocycles. The van der Waals surface area contributed by atoms with E-state index in [1.807, 2.05) is 29.6 Å². The van der Waals surface area contributed by atoms with Crippen LogP contribution in [0.25, 0.3) is 0 Å². The maximum Gasteiger partial charge on any atom is 0.195 e. The molecule has 0 saturated heterocycles. The quantitative estimate of drug-likeness (QED) is 0.586. The Balaban J connectivity index is 2.37. The number of hydrogen-bond donors (Lipinski definition) is 0. The summed E-state index contributed by atoms with van der Waals surface area (Å²) in [6.45, 7) is 0. The van der Waals surface area contributed by atoms with Gasteiger partial charge in [-0.1, -0.05) is 11.6 Å². The third-order valence-electron chi connectivity index (χ3n) is 1.97. The van der Waals surface area contributed by atoms with Crippen molar-refractivity contribution in [3.05, 3.63) is 54.7 Å².